The molecule has 0 N–H and O–H groups in total. The van der Waals surface area contributed by atoms with Crippen LogP contribution >= 0.6 is 38.9 Å². The van der Waals surface area contributed by atoms with Gasteiger partial charge in [0, 0.05) is 16.1 Å². The second-order valence-corrected chi connectivity index (χ2v) is 12.2. The fourth-order valence-electron chi connectivity index (χ4n) is 5.04. The molecule has 6 rings (SSSR count). The van der Waals surface area contributed by atoms with Crippen molar-refractivity contribution in [3.63, 3.8) is 0 Å². The summed E-state index contributed by atoms with van der Waals surface area (Å²) in [6.07, 6.45) is 1.82. The number of aromatic nitrogens is 1. The van der Waals surface area contributed by atoms with Crippen molar-refractivity contribution in [2.24, 2.45) is 4.99 Å². The van der Waals surface area contributed by atoms with Crippen molar-refractivity contribution in [2.75, 3.05) is 6.61 Å². The fraction of sp³-hybridized carbons (Fsp3) is 0.114. The van der Waals surface area contributed by atoms with Gasteiger partial charge in [-0.1, -0.05) is 108 Å². The number of hydrogen-bond acceptors (Lipinski definition) is 6. The Morgan fingerprint density at radius 1 is 1.00 bits per heavy atom. The van der Waals surface area contributed by atoms with Crippen LogP contribution in [0.15, 0.2) is 123 Å². The SMILES string of the molecule is CCOC(=O)C1=C(c2ccccc2)N=c2s/c(=C\c3ccc(OCc4ccccc4Cl)c(Br)c3)c(=O)n2[C@@H]1c1ccccc1. The van der Waals surface area contributed by atoms with Crippen molar-refractivity contribution in [1.82, 2.24) is 4.57 Å². The number of benzene rings is 4. The van der Waals surface area contributed by atoms with Crippen LogP contribution in [0.1, 0.15) is 35.2 Å². The lowest BCUT2D eigenvalue weighted by atomic mass is 9.93. The molecule has 0 saturated heterocycles. The summed E-state index contributed by atoms with van der Waals surface area (Å²) in [7, 11) is 0. The topological polar surface area (TPSA) is 69.9 Å². The molecular formula is C35H26BrClN2O4S. The van der Waals surface area contributed by atoms with Crippen LogP contribution in [0.3, 0.4) is 0 Å². The molecule has 0 spiro atoms. The largest absolute Gasteiger partial charge is 0.488 e. The molecule has 0 aliphatic carbocycles. The van der Waals surface area contributed by atoms with Gasteiger partial charge >= 0.3 is 5.97 Å². The van der Waals surface area contributed by atoms with Crippen LogP contribution in [0.25, 0.3) is 11.8 Å². The maximum Gasteiger partial charge on any atom is 0.338 e. The number of thiazole rings is 1. The van der Waals surface area contributed by atoms with Crippen molar-refractivity contribution in [2.45, 2.75) is 19.6 Å². The minimum absolute atomic E-state index is 0.198. The molecule has 1 aliphatic heterocycles. The van der Waals surface area contributed by atoms with Gasteiger partial charge in [-0.15, -0.1) is 0 Å². The highest BCUT2D eigenvalue weighted by Crippen LogP contribution is 2.35. The van der Waals surface area contributed by atoms with Crippen LogP contribution < -0.4 is 19.6 Å². The summed E-state index contributed by atoms with van der Waals surface area (Å²) >= 11 is 11.2. The van der Waals surface area contributed by atoms with Crippen LogP contribution in [-0.2, 0) is 16.1 Å². The number of esters is 1. The van der Waals surface area contributed by atoms with Gasteiger partial charge in [0.1, 0.15) is 12.4 Å². The molecule has 9 heteroatoms. The average molecular weight is 686 g/mol. The third-order valence-corrected chi connectivity index (χ3v) is 9.06. The van der Waals surface area contributed by atoms with E-state index in [1.165, 1.54) is 11.3 Å². The molecule has 0 bridgehead atoms. The molecule has 0 fully saturated rings. The third-order valence-electron chi connectivity index (χ3n) is 7.08. The summed E-state index contributed by atoms with van der Waals surface area (Å²) in [4.78, 5) is 33.0. The predicted octanol–water partition coefficient (Wildman–Crippen LogP) is 6.93. The number of ether oxygens (including phenoxy) is 2. The molecule has 5 aromatic rings. The van der Waals surface area contributed by atoms with Crippen molar-refractivity contribution >= 4 is 56.6 Å². The van der Waals surface area contributed by atoms with Gasteiger partial charge in [0.2, 0.25) is 0 Å². The zero-order chi connectivity index (χ0) is 30.6. The maximum atomic E-state index is 14.1. The second-order valence-electron chi connectivity index (χ2n) is 9.91. The van der Waals surface area contributed by atoms with E-state index in [-0.39, 0.29) is 12.2 Å². The number of halogens is 2. The van der Waals surface area contributed by atoms with Gasteiger partial charge in [0.05, 0.1) is 32.9 Å². The monoisotopic (exact) mass is 684 g/mol. The van der Waals surface area contributed by atoms with Gasteiger partial charge in [-0.2, -0.15) is 0 Å². The van der Waals surface area contributed by atoms with E-state index in [0.29, 0.717) is 38.0 Å². The zero-order valence-corrected chi connectivity index (χ0v) is 26.7. The first-order valence-electron chi connectivity index (χ1n) is 13.9. The first-order valence-corrected chi connectivity index (χ1v) is 15.9. The fourth-order valence-corrected chi connectivity index (χ4v) is 6.74. The number of hydrogen-bond donors (Lipinski definition) is 0. The summed E-state index contributed by atoms with van der Waals surface area (Å²) in [5.41, 5.74) is 3.82. The van der Waals surface area contributed by atoms with Crippen molar-refractivity contribution in [3.8, 4) is 5.75 Å². The molecule has 6 nitrogen and oxygen atoms in total. The Hall–Kier alpha value is -4.24. The van der Waals surface area contributed by atoms with E-state index < -0.39 is 12.0 Å². The first kappa shape index (κ1) is 29.8. The molecule has 0 saturated carbocycles. The summed E-state index contributed by atoms with van der Waals surface area (Å²) in [6.45, 7) is 2.28. The normalized spacial score (nSPS) is 14.6. The average Bonchev–Trinajstić information content (AvgIpc) is 3.35. The van der Waals surface area contributed by atoms with E-state index in [2.05, 4.69) is 15.9 Å². The summed E-state index contributed by atoms with van der Waals surface area (Å²) < 4.78 is 14.3. The number of rotatable bonds is 8. The molecule has 220 valence electrons. The smallest absolute Gasteiger partial charge is 0.338 e. The lowest BCUT2D eigenvalue weighted by molar-refractivity contribution is -0.138. The van der Waals surface area contributed by atoms with Crippen LogP contribution in [0.4, 0.5) is 0 Å². The van der Waals surface area contributed by atoms with E-state index in [0.717, 1.165) is 26.7 Å². The van der Waals surface area contributed by atoms with Gasteiger partial charge < -0.3 is 9.47 Å². The third kappa shape index (κ3) is 6.06. The Kier molecular flexibility index (Phi) is 8.93. The molecule has 0 radical (unpaired) electrons. The maximum absolute atomic E-state index is 14.1. The van der Waals surface area contributed by atoms with Gasteiger partial charge in [-0.3, -0.25) is 9.36 Å². The Morgan fingerprint density at radius 3 is 2.41 bits per heavy atom. The van der Waals surface area contributed by atoms with Crippen LogP contribution in [0.2, 0.25) is 5.02 Å². The molecule has 4 aromatic carbocycles. The minimum Gasteiger partial charge on any atom is -0.488 e. The van der Waals surface area contributed by atoms with E-state index >= 15 is 0 Å². The molecule has 1 aliphatic rings. The molecule has 1 aromatic heterocycles. The Labute approximate surface area is 271 Å². The van der Waals surface area contributed by atoms with Gasteiger partial charge in [0.25, 0.3) is 5.56 Å². The van der Waals surface area contributed by atoms with Crippen molar-refractivity contribution < 1.29 is 14.3 Å². The first-order chi connectivity index (χ1) is 21.4. The van der Waals surface area contributed by atoms with Crippen LogP contribution in [0.5, 0.6) is 5.75 Å². The molecule has 0 amide bonds. The van der Waals surface area contributed by atoms with E-state index in [1.807, 2.05) is 109 Å². The zero-order valence-electron chi connectivity index (χ0n) is 23.6. The molecule has 44 heavy (non-hydrogen) atoms. The Morgan fingerprint density at radius 2 is 1.70 bits per heavy atom. The predicted molar refractivity (Wildman–Crippen MR) is 177 cm³/mol. The molecular weight excluding hydrogens is 660 g/mol. The van der Waals surface area contributed by atoms with Gasteiger partial charge in [0.15, 0.2) is 4.80 Å². The van der Waals surface area contributed by atoms with E-state index in [4.69, 9.17) is 26.1 Å². The van der Waals surface area contributed by atoms with Crippen LogP contribution in [-0.4, -0.2) is 17.1 Å². The van der Waals surface area contributed by atoms with E-state index in [1.54, 1.807) is 11.5 Å². The summed E-state index contributed by atoms with van der Waals surface area (Å²) in [5, 5.41) is 0.644. The second kappa shape index (κ2) is 13.2. The summed E-state index contributed by atoms with van der Waals surface area (Å²) in [6, 6.07) is 31.5. The number of carbonyl (C=O) groups excluding carboxylic acids is 1. The number of nitrogens with zero attached hydrogens (tertiary/aromatic N) is 2. The number of fused-ring (bicyclic) bond motifs is 1. The molecule has 1 atom stereocenters. The van der Waals surface area contributed by atoms with E-state index in [9.17, 15) is 9.59 Å². The van der Waals surface area contributed by atoms with Crippen molar-refractivity contribution in [3.05, 3.63) is 160 Å². The minimum atomic E-state index is -0.712. The highest BCUT2D eigenvalue weighted by molar-refractivity contribution is 9.10. The lowest BCUT2D eigenvalue weighted by Crippen LogP contribution is -2.39. The highest BCUT2D eigenvalue weighted by Gasteiger charge is 2.35. The highest BCUT2D eigenvalue weighted by atomic mass is 79.9. The van der Waals surface area contributed by atoms with Gasteiger partial charge in [-0.05, 0) is 58.3 Å². The quantitative estimate of drug-likeness (QED) is 0.166. The van der Waals surface area contributed by atoms with Crippen LogP contribution in [0, 0.1) is 0 Å². The Bertz CT molecular complexity index is 2060. The van der Waals surface area contributed by atoms with Gasteiger partial charge in [-0.25, -0.2) is 9.79 Å². The standard InChI is InChI=1S/C35H26BrClN2O4S/c1-2-42-34(41)30-31(23-11-5-3-6-12-23)38-35-39(32(30)24-13-7-4-8-14-24)33(40)29(44-35)20-22-17-18-28(26(36)19-22)43-21-25-15-9-10-16-27(25)37/h3-20,32H,2,21H2,1H3/b29-20-/t32-/m1/s1. The number of carbonyl (C=O) groups is 1. The Balaban J connectivity index is 1.45. The lowest BCUT2D eigenvalue weighted by Gasteiger charge is -2.25. The van der Waals surface area contributed by atoms with Crippen molar-refractivity contribution in [1.29, 1.82) is 0 Å². The summed E-state index contributed by atoms with van der Waals surface area (Å²) in [5.74, 6) is 0.147. The molecule has 0 unspecified atom stereocenters. The molecule has 2 heterocycles.